The summed E-state index contributed by atoms with van der Waals surface area (Å²) < 4.78 is 62.8. The van der Waals surface area contributed by atoms with Crippen LogP contribution in [-0.2, 0) is 14.6 Å². The first kappa shape index (κ1) is 17.4. The van der Waals surface area contributed by atoms with Gasteiger partial charge in [0.05, 0.1) is 26.3 Å². The number of piperidine rings is 1. The Labute approximate surface area is 104 Å². The molecular weight excluding hydrogens is 275 g/mol. The number of quaternary nitrogens is 1. The van der Waals surface area contributed by atoms with Crippen LogP contribution in [0.1, 0.15) is 19.3 Å². The fraction of sp³-hybridized carbons (Fsp3) is 0.778. The van der Waals surface area contributed by atoms with E-state index in [1.165, 1.54) is 32.4 Å². The molecule has 0 N–H and O–H groups in total. The molecule has 0 radical (unpaired) electrons. The SMILES string of the molecule is C=C[N+]1(C)CCCCC1.O=S(=O)([O-])OC(F)(F)F. The highest BCUT2D eigenvalue weighted by Gasteiger charge is 2.32. The zero-order valence-electron chi connectivity index (χ0n) is 9.94. The summed E-state index contributed by atoms with van der Waals surface area (Å²) in [6.07, 6.45) is 0.826. The first-order valence-electron chi connectivity index (χ1n) is 5.18. The van der Waals surface area contributed by atoms with Gasteiger partial charge in [0.25, 0.3) is 0 Å². The van der Waals surface area contributed by atoms with Gasteiger partial charge in [-0.1, -0.05) is 0 Å². The van der Waals surface area contributed by atoms with Crippen molar-refractivity contribution in [3.63, 3.8) is 0 Å². The van der Waals surface area contributed by atoms with E-state index >= 15 is 0 Å². The Morgan fingerprint density at radius 1 is 1.28 bits per heavy atom. The van der Waals surface area contributed by atoms with Crippen LogP contribution in [0.5, 0.6) is 0 Å². The molecule has 9 heteroatoms. The van der Waals surface area contributed by atoms with Gasteiger partial charge in [0.1, 0.15) is 0 Å². The number of alkyl halides is 3. The molecule has 0 aromatic carbocycles. The van der Waals surface area contributed by atoms with E-state index in [-0.39, 0.29) is 0 Å². The highest BCUT2D eigenvalue weighted by atomic mass is 32.3. The van der Waals surface area contributed by atoms with Crippen LogP contribution in [-0.4, -0.2) is 44.0 Å². The molecule has 108 valence electrons. The molecule has 0 atom stereocenters. The Morgan fingerprint density at radius 2 is 1.72 bits per heavy atom. The second-order valence-electron chi connectivity index (χ2n) is 4.11. The predicted octanol–water partition coefficient (Wildman–Crippen LogP) is 1.74. The number of hydrogen-bond donors (Lipinski definition) is 0. The van der Waals surface area contributed by atoms with Crippen molar-refractivity contribution in [2.45, 2.75) is 25.6 Å². The van der Waals surface area contributed by atoms with E-state index in [1.54, 1.807) is 0 Å². The van der Waals surface area contributed by atoms with Gasteiger partial charge < -0.3 is 9.04 Å². The number of nitrogens with zero attached hydrogens (tertiary/aromatic N) is 1. The van der Waals surface area contributed by atoms with Crippen LogP contribution in [0.2, 0.25) is 0 Å². The van der Waals surface area contributed by atoms with Crippen molar-refractivity contribution in [1.29, 1.82) is 0 Å². The average Bonchev–Trinajstić information content (AvgIpc) is 2.14. The molecular formula is C9H16F3NO4S. The lowest BCUT2D eigenvalue weighted by Gasteiger charge is -2.33. The van der Waals surface area contributed by atoms with E-state index in [1.807, 2.05) is 4.18 Å². The van der Waals surface area contributed by atoms with E-state index in [0.29, 0.717) is 0 Å². The third kappa shape index (κ3) is 9.40. The molecule has 0 amide bonds. The smallest absolute Gasteiger partial charge is 0.536 e. The molecule has 0 aliphatic carbocycles. The topological polar surface area (TPSA) is 66.4 Å². The van der Waals surface area contributed by atoms with Gasteiger partial charge in [-0.15, -0.1) is 13.2 Å². The van der Waals surface area contributed by atoms with E-state index in [2.05, 4.69) is 19.8 Å². The Kier molecular flexibility index (Phi) is 6.27. The highest BCUT2D eigenvalue weighted by Crippen LogP contribution is 2.18. The van der Waals surface area contributed by atoms with Gasteiger partial charge in [0.2, 0.25) is 10.4 Å². The lowest BCUT2D eigenvalue weighted by Crippen LogP contribution is -2.42. The minimum Gasteiger partial charge on any atom is -0.725 e. The summed E-state index contributed by atoms with van der Waals surface area (Å²) in [5.74, 6) is 0. The number of hydrogen-bond acceptors (Lipinski definition) is 4. The maximum Gasteiger partial charge on any atom is 0.536 e. The Balaban J connectivity index is 0.000000321. The lowest BCUT2D eigenvalue weighted by atomic mass is 10.1. The van der Waals surface area contributed by atoms with Crippen LogP contribution < -0.4 is 0 Å². The first-order chi connectivity index (χ1) is 7.97. The summed E-state index contributed by atoms with van der Waals surface area (Å²) in [7, 11) is -3.40. The number of likely N-dealkylation sites (tertiary alicyclic amines) is 1. The summed E-state index contributed by atoms with van der Waals surface area (Å²) in [5, 5.41) is 0. The largest absolute Gasteiger partial charge is 0.725 e. The number of halogens is 3. The standard InChI is InChI=1S/C8H16N.CHF3O4S/c1-3-9(2)7-5-4-6-8-9;2-1(3,4)8-9(5,6)7/h3H,1,4-8H2,2H3;(H,5,6,7)/q+1;/p-1. The summed E-state index contributed by atoms with van der Waals surface area (Å²) in [5.41, 5.74) is 0. The molecule has 0 spiro atoms. The third-order valence-electron chi connectivity index (χ3n) is 2.48. The quantitative estimate of drug-likeness (QED) is 0.441. The van der Waals surface area contributed by atoms with Crippen molar-refractivity contribution in [2.75, 3.05) is 20.1 Å². The molecule has 0 unspecified atom stereocenters. The van der Waals surface area contributed by atoms with Crippen molar-refractivity contribution in [1.82, 2.24) is 0 Å². The molecule has 0 aromatic rings. The van der Waals surface area contributed by atoms with Gasteiger partial charge in [-0.3, -0.25) is 0 Å². The highest BCUT2D eigenvalue weighted by molar-refractivity contribution is 7.80. The molecule has 1 heterocycles. The monoisotopic (exact) mass is 291 g/mol. The van der Waals surface area contributed by atoms with Gasteiger partial charge in [-0.05, 0) is 25.8 Å². The maximum atomic E-state index is 10.8. The Hall–Kier alpha value is -0.640. The zero-order chi connectivity index (χ0) is 14.4. The zero-order valence-corrected chi connectivity index (χ0v) is 10.8. The van der Waals surface area contributed by atoms with Gasteiger partial charge in [-0.25, -0.2) is 8.42 Å². The van der Waals surface area contributed by atoms with Crippen molar-refractivity contribution in [3.05, 3.63) is 12.8 Å². The van der Waals surface area contributed by atoms with E-state index < -0.39 is 16.8 Å². The summed E-state index contributed by atoms with van der Waals surface area (Å²) in [4.78, 5) is 0. The van der Waals surface area contributed by atoms with Crippen molar-refractivity contribution >= 4 is 10.4 Å². The first-order valence-corrected chi connectivity index (χ1v) is 6.52. The molecule has 1 saturated heterocycles. The maximum absolute atomic E-state index is 10.8. The van der Waals surface area contributed by atoms with Crippen LogP contribution >= 0.6 is 0 Å². The molecule has 0 bridgehead atoms. The minimum absolute atomic E-state index is 1.08. The Morgan fingerprint density at radius 3 is 1.89 bits per heavy atom. The molecule has 1 aliphatic heterocycles. The molecule has 0 aromatic heterocycles. The molecule has 0 saturated carbocycles. The summed E-state index contributed by atoms with van der Waals surface area (Å²) >= 11 is 0. The minimum atomic E-state index is -5.66. The van der Waals surface area contributed by atoms with E-state index in [9.17, 15) is 13.2 Å². The predicted molar refractivity (Wildman–Crippen MR) is 56.8 cm³/mol. The molecule has 1 rings (SSSR count). The molecule has 5 nitrogen and oxygen atoms in total. The molecule has 18 heavy (non-hydrogen) atoms. The average molecular weight is 291 g/mol. The second kappa shape index (κ2) is 6.50. The van der Waals surface area contributed by atoms with Crippen LogP contribution in [0.3, 0.4) is 0 Å². The van der Waals surface area contributed by atoms with Crippen molar-refractivity contribution < 1.29 is 34.8 Å². The van der Waals surface area contributed by atoms with Crippen LogP contribution in [0.4, 0.5) is 13.2 Å². The summed E-state index contributed by atoms with van der Waals surface area (Å²) in [6, 6.07) is 0. The Bertz CT molecular complexity index is 360. The fourth-order valence-corrected chi connectivity index (χ4v) is 1.76. The molecule has 1 aliphatic rings. The second-order valence-corrected chi connectivity index (χ2v) is 5.09. The van der Waals surface area contributed by atoms with Crippen molar-refractivity contribution in [2.24, 2.45) is 0 Å². The third-order valence-corrected chi connectivity index (χ3v) is 2.87. The lowest BCUT2D eigenvalue weighted by molar-refractivity contribution is -0.864. The molecule has 1 fully saturated rings. The van der Waals surface area contributed by atoms with E-state index in [0.717, 1.165) is 4.48 Å². The van der Waals surface area contributed by atoms with Crippen LogP contribution in [0.25, 0.3) is 0 Å². The fourth-order valence-electron chi connectivity index (χ4n) is 1.53. The van der Waals surface area contributed by atoms with Gasteiger partial charge in [-0.2, -0.15) is 4.18 Å². The van der Waals surface area contributed by atoms with Gasteiger partial charge >= 0.3 is 6.36 Å². The van der Waals surface area contributed by atoms with E-state index in [4.69, 9.17) is 13.0 Å². The van der Waals surface area contributed by atoms with Crippen LogP contribution in [0.15, 0.2) is 12.8 Å². The summed E-state index contributed by atoms with van der Waals surface area (Å²) in [6.45, 7) is 6.42. The van der Waals surface area contributed by atoms with Gasteiger partial charge in [0, 0.05) is 0 Å². The normalized spacial score (nSPS) is 19.6. The van der Waals surface area contributed by atoms with Crippen molar-refractivity contribution in [3.8, 4) is 0 Å². The van der Waals surface area contributed by atoms with Gasteiger partial charge in [0.15, 0.2) is 0 Å². The van der Waals surface area contributed by atoms with Crippen LogP contribution in [0, 0.1) is 0 Å². The number of rotatable bonds is 2.